The zero-order chi connectivity index (χ0) is 16.0. The van der Waals surface area contributed by atoms with Gasteiger partial charge in [0.15, 0.2) is 0 Å². The Hall–Kier alpha value is -1.49. The number of furan rings is 1. The molecule has 0 saturated carbocycles. The van der Waals surface area contributed by atoms with Gasteiger partial charge in [-0.25, -0.2) is 4.79 Å². The van der Waals surface area contributed by atoms with Crippen molar-refractivity contribution in [2.75, 3.05) is 6.54 Å². The zero-order valence-electron chi connectivity index (χ0n) is 13.9. The Morgan fingerprint density at radius 2 is 2.00 bits per heavy atom. The quantitative estimate of drug-likeness (QED) is 0.843. The van der Waals surface area contributed by atoms with Gasteiger partial charge in [-0.05, 0) is 45.7 Å². The van der Waals surface area contributed by atoms with Crippen molar-refractivity contribution in [2.24, 2.45) is 5.92 Å². The molecule has 1 heterocycles. The second-order valence-electron chi connectivity index (χ2n) is 6.64. The van der Waals surface area contributed by atoms with Gasteiger partial charge in [-0.1, -0.05) is 13.8 Å². The Kier molecular flexibility index (Phi) is 6.27. The first-order valence-corrected chi connectivity index (χ1v) is 7.45. The largest absolute Gasteiger partial charge is 0.468 e. The van der Waals surface area contributed by atoms with Crippen molar-refractivity contribution < 1.29 is 13.9 Å². The lowest BCUT2D eigenvalue weighted by atomic mass is 10.0. The average Bonchev–Trinajstić information content (AvgIpc) is 2.85. The molecule has 5 heteroatoms. The molecular weight excluding hydrogens is 268 g/mol. The van der Waals surface area contributed by atoms with E-state index in [-0.39, 0.29) is 18.2 Å². The standard InChI is InChI=1S/C16H28N2O3/c1-11(2)13(18-15(19)21-16(4,5)6)10-17-12(3)14-8-7-9-20-14/h7-9,11-13,17H,10H2,1-6H3,(H,18,19). The van der Waals surface area contributed by atoms with Gasteiger partial charge in [0.05, 0.1) is 12.3 Å². The first kappa shape index (κ1) is 17.6. The number of alkyl carbamates (subject to hydrolysis) is 1. The van der Waals surface area contributed by atoms with E-state index in [0.29, 0.717) is 12.5 Å². The Morgan fingerprint density at radius 3 is 2.48 bits per heavy atom. The van der Waals surface area contributed by atoms with Crippen molar-refractivity contribution in [2.45, 2.75) is 59.2 Å². The summed E-state index contributed by atoms with van der Waals surface area (Å²) in [6.07, 6.45) is 1.28. The van der Waals surface area contributed by atoms with Crippen LogP contribution in [0.4, 0.5) is 4.79 Å². The zero-order valence-corrected chi connectivity index (χ0v) is 13.9. The molecule has 1 aromatic rings. The number of ether oxygens (including phenoxy) is 1. The molecule has 2 unspecified atom stereocenters. The van der Waals surface area contributed by atoms with Crippen LogP contribution >= 0.6 is 0 Å². The van der Waals surface area contributed by atoms with Gasteiger partial charge in [0.2, 0.25) is 0 Å². The highest BCUT2D eigenvalue weighted by Gasteiger charge is 2.22. The molecule has 0 saturated heterocycles. The van der Waals surface area contributed by atoms with Crippen molar-refractivity contribution in [1.29, 1.82) is 0 Å². The van der Waals surface area contributed by atoms with E-state index in [2.05, 4.69) is 24.5 Å². The Bertz CT molecular complexity index is 421. The third kappa shape index (κ3) is 6.67. The summed E-state index contributed by atoms with van der Waals surface area (Å²) >= 11 is 0. The minimum atomic E-state index is -0.486. The maximum absolute atomic E-state index is 11.9. The fourth-order valence-electron chi connectivity index (χ4n) is 1.85. The van der Waals surface area contributed by atoms with E-state index in [4.69, 9.17) is 9.15 Å². The molecular formula is C16H28N2O3. The summed E-state index contributed by atoms with van der Waals surface area (Å²) in [5.41, 5.74) is -0.486. The van der Waals surface area contributed by atoms with Gasteiger partial charge in [-0.3, -0.25) is 0 Å². The number of hydrogen-bond acceptors (Lipinski definition) is 4. The molecule has 0 bridgehead atoms. The maximum Gasteiger partial charge on any atom is 0.407 e. The van der Waals surface area contributed by atoms with E-state index in [1.165, 1.54) is 0 Å². The predicted molar refractivity (Wildman–Crippen MR) is 83.1 cm³/mol. The molecule has 0 aliphatic carbocycles. The van der Waals surface area contributed by atoms with E-state index < -0.39 is 5.60 Å². The fourth-order valence-corrected chi connectivity index (χ4v) is 1.85. The molecule has 0 radical (unpaired) electrons. The van der Waals surface area contributed by atoms with Crippen LogP contribution in [0.2, 0.25) is 0 Å². The van der Waals surface area contributed by atoms with Crippen LogP contribution < -0.4 is 10.6 Å². The molecule has 2 atom stereocenters. The normalized spacial score (nSPS) is 14.8. The molecule has 2 N–H and O–H groups in total. The van der Waals surface area contributed by atoms with Gasteiger partial charge >= 0.3 is 6.09 Å². The van der Waals surface area contributed by atoms with Gasteiger partial charge in [0.25, 0.3) is 0 Å². The Labute approximate surface area is 127 Å². The highest BCUT2D eigenvalue weighted by molar-refractivity contribution is 5.68. The number of rotatable bonds is 6. The van der Waals surface area contributed by atoms with E-state index in [9.17, 15) is 4.79 Å². The molecule has 1 aromatic heterocycles. The van der Waals surface area contributed by atoms with Crippen LogP contribution in [-0.2, 0) is 4.74 Å². The first-order chi connectivity index (χ1) is 9.69. The molecule has 120 valence electrons. The van der Waals surface area contributed by atoms with E-state index >= 15 is 0 Å². The predicted octanol–water partition coefficient (Wildman–Crippen LogP) is 3.48. The van der Waals surface area contributed by atoms with Gasteiger partial charge in [0, 0.05) is 12.6 Å². The van der Waals surface area contributed by atoms with Crippen LogP contribution in [-0.4, -0.2) is 24.3 Å². The summed E-state index contributed by atoms with van der Waals surface area (Å²) in [6.45, 7) is 12.4. The minimum Gasteiger partial charge on any atom is -0.468 e. The molecule has 5 nitrogen and oxygen atoms in total. The molecule has 0 aliphatic heterocycles. The van der Waals surface area contributed by atoms with Crippen molar-refractivity contribution in [3.05, 3.63) is 24.2 Å². The van der Waals surface area contributed by atoms with Gasteiger partial charge < -0.3 is 19.8 Å². The topological polar surface area (TPSA) is 63.5 Å². The second-order valence-corrected chi connectivity index (χ2v) is 6.64. The SMILES string of the molecule is CC(NCC(NC(=O)OC(C)(C)C)C(C)C)c1ccco1. The van der Waals surface area contributed by atoms with Crippen molar-refractivity contribution >= 4 is 6.09 Å². The number of hydrogen-bond donors (Lipinski definition) is 2. The van der Waals surface area contributed by atoms with E-state index in [0.717, 1.165) is 5.76 Å². The lowest BCUT2D eigenvalue weighted by molar-refractivity contribution is 0.0489. The third-order valence-electron chi connectivity index (χ3n) is 3.12. The number of amides is 1. The van der Waals surface area contributed by atoms with Gasteiger partial charge in [-0.15, -0.1) is 0 Å². The van der Waals surface area contributed by atoms with Gasteiger partial charge in [-0.2, -0.15) is 0 Å². The number of carbonyl (C=O) groups is 1. The summed E-state index contributed by atoms with van der Waals surface area (Å²) in [5, 5.41) is 6.29. The van der Waals surface area contributed by atoms with Crippen LogP contribution in [0.1, 0.15) is 53.3 Å². The third-order valence-corrected chi connectivity index (χ3v) is 3.12. The molecule has 0 aliphatic rings. The van der Waals surface area contributed by atoms with Crippen molar-refractivity contribution in [1.82, 2.24) is 10.6 Å². The van der Waals surface area contributed by atoms with Gasteiger partial charge in [0.1, 0.15) is 11.4 Å². The average molecular weight is 296 g/mol. The Balaban J connectivity index is 2.48. The molecule has 1 rings (SSSR count). The maximum atomic E-state index is 11.9. The highest BCUT2D eigenvalue weighted by Crippen LogP contribution is 2.13. The smallest absolute Gasteiger partial charge is 0.407 e. The molecule has 21 heavy (non-hydrogen) atoms. The van der Waals surface area contributed by atoms with Crippen LogP contribution in [0.3, 0.4) is 0 Å². The van der Waals surface area contributed by atoms with E-state index in [1.54, 1.807) is 6.26 Å². The summed E-state index contributed by atoms with van der Waals surface area (Å²) in [5.74, 6) is 1.18. The lowest BCUT2D eigenvalue weighted by Gasteiger charge is -2.27. The first-order valence-electron chi connectivity index (χ1n) is 7.45. The molecule has 0 spiro atoms. The molecule has 0 fully saturated rings. The van der Waals surface area contributed by atoms with Crippen LogP contribution in [0, 0.1) is 5.92 Å². The molecule has 0 aromatic carbocycles. The highest BCUT2D eigenvalue weighted by atomic mass is 16.6. The summed E-state index contributed by atoms with van der Waals surface area (Å²) in [7, 11) is 0. The van der Waals surface area contributed by atoms with Crippen LogP contribution in [0.15, 0.2) is 22.8 Å². The number of carbonyl (C=O) groups excluding carboxylic acids is 1. The summed E-state index contributed by atoms with van der Waals surface area (Å²) in [4.78, 5) is 11.9. The fraction of sp³-hybridized carbons (Fsp3) is 0.688. The van der Waals surface area contributed by atoms with Crippen LogP contribution in [0.5, 0.6) is 0 Å². The summed E-state index contributed by atoms with van der Waals surface area (Å²) < 4.78 is 10.7. The monoisotopic (exact) mass is 296 g/mol. The van der Waals surface area contributed by atoms with Crippen LogP contribution in [0.25, 0.3) is 0 Å². The minimum absolute atomic E-state index is 0.00253. The number of nitrogens with one attached hydrogen (secondary N) is 2. The van der Waals surface area contributed by atoms with E-state index in [1.807, 2.05) is 39.8 Å². The molecule has 1 amide bonds. The second kappa shape index (κ2) is 7.50. The van der Waals surface area contributed by atoms with Crippen molar-refractivity contribution in [3.8, 4) is 0 Å². The lowest BCUT2D eigenvalue weighted by Crippen LogP contribution is -2.47. The van der Waals surface area contributed by atoms with Crippen molar-refractivity contribution in [3.63, 3.8) is 0 Å². The summed E-state index contributed by atoms with van der Waals surface area (Å²) in [6, 6.07) is 3.90. The Morgan fingerprint density at radius 1 is 1.33 bits per heavy atom.